The van der Waals surface area contributed by atoms with Gasteiger partial charge in [-0.05, 0) is 121 Å². The van der Waals surface area contributed by atoms with Gasteiger partial charge in [-0.3, -0.25) is 0 Å². The fourth-order valence-corrected chi connectivity index (χ4v) is 8.18. The summed E-state index contributed by atoms with van der Waals surface area (Å²) in [7, 11) is 0. The Hall–Kier alpha value is -4.96. The van der Waals surface area contributed by atoms with Crippen molar-refractivity contribution < 1.29 is 9.13 Å². The van der Waals surface area contributed by atoms with Gasteiger partial charge < -0.3 is 0 Å². The summed E-state index contributed by atoms with van der Waals surface area (Å²) in [4.78, 5) is 0. The molecule has 0 saturated heterocycles. The number of nitrogens with zero attached hydrogens (tertiary/aromatic N) is 4. The van der Waals surface area contributed by atoms with Crippen LogP contribution in [0.3, 0.4) is 0 Å². The Bertz CT molecular complexity index is 2150. The van der Waals surface area contributed by atoms with Gasteiger partial charge in [-0.2, -0.15) is 0 Å². The minimum absolute atomic E-state index is 1.04. The predicted octanol–water partition coefficient (Wildman–Crippen LogP) is 12.7. The summed E-state index contributed by atoms with van der Waals surface area (Å²) in [5.74, 6) is 2.67. The minimum Gasteiger partial charge on any atom is -0.223 e. The molecule has 0 N–H and O–H groups in total. The summed E-state index contributed by atoms with van der Waals surface area (Å²) in [6, 6.07) is 41.6. The molecule has 0 unspecified atom stereocenters. The quantitative estimate of drug-likeness (QED) is 0.0886. The number of imidazole rings is 2. The van der Waals surface area contributed by atoms with Crippen LogP contribution < -0.4 is 9.13 Å². The van der Waals surface area contributed by atoms with E-state index < -0.39 is 0 Å². The van der Waals surface area contributed by atoms with Gasteiger partial charge in [0, 0.05) is 0 Å². The van der Waals surface area contributed by atoms with Gasteiger partial charge in [0.1, 0.15) is 0 Å². The molecule has 2 heterocycles. The molecule has 2 aromatic heterocycles. The van der Waals surface area contributed by atoms with Crippen LogP contribution in [0.5, 0.6) is 0 Å². The summed E-state index contributed by atoms with van der Waals surface area (Å²) in [5, 5.41) is 0. The van der Waals surface area contributed by atoms with Crippen molar-refractivity contribution in [2.75, 3.05) is 0 Å². The number of fused-ring (bicyclic) bond motifs is 2. The second kappa shape index (κ2) is 17.0. The first kappa shape index (κ1) is 37.4. The number of aromatic nitrogens is 4. The normalized spacial score (nSPS) is 11.7. The summed E-state index contributed by atoms with van der Waals surface area (Å²) in [6.07, 6.45) is 9.43. The first-order valence-electron chi connectivity index (χ1n) is 20.8. The molecule has 0 saturated carbocycles. The maximum atomic E-state index is 2.58. The molecule has 0 fully saturated rings. The van der Waals surface area contributed by atoms with E-state index in [2.05, 4.69) is 169 Å². The van der Waals surface area contributed by atoms with E-state index in [1.165, 1.54) is 130 Å². The molecule has 0 atom stereocenters. The number of unbranched alkanes of at least 4 members (excludes halogenated alkanes) is 4. The van der Waals surface area contributed by atoms with Crippen LogP contribution in [0.15, 0.2) is 109 Å². The van der Waals surface area contributed by atoms with Crippen LogP contribution in [0.1, 0.15) is 90.2 Å². The van der Waals surface area contributed by atoms with Gasteiger partial charge in [-0.1, -0.05) is 114 Å². The molecule has 7 aromatic rings. The molecule has 0 aliphatic heterocycles. The van der Waals surface area contributed by atoms with Crippen molar-refractivity contribution in [1.82, 2.24) is 9.13 Å². The third kappa shape index (κ3) is 7.53. The Balaban J connectivity index is 1.17. The molecule has 5 aromatic carbocycles. The Labute approximate surface area is 323 Å². The fraction of sp³-hybridized carbons (Fsp3) is 0.360. The molecule has 0 aliphatic rings. The highest BCUT2D eigenvalue weighted by molar-refractivity contribution is 5.79. The number of benzene rings is 5. The lowest BCUT2D eigenvalue weighted by molar-refractivity contribution is -0.661. The highest BCUT2D eigenvalue weighted by Crippen LogP contribution is 2.31. The van der Waals surface area contributed by atoms with Gasteiger partial charge in [0.25, 0.3) is 11.6 Å². The smallest absolute Gasteiger partial charge is 0.223 e. The van der Waals surface area contributed by atoms with Gasteiger partial charge >= 0.3 is 0 Å². The number of hydrogen-bond donors (Lipinski definition) is 0. The van der Waals surface area contributed by atoms with Gasteiger partial charge in [-0.25, -0.2) is 18.3 Å². The second-order valence-electron chi connectivity index (χ2n) is 15.4. The van der Waals surface area contributed by atoms with Crippen molar-refractivity contribution in [2.24, 2.45) is 0 Å². The van der Waals surface area contributed by atoms with E-state index in [4.69, 9.17) is 0 Å². The zero-order valence-corrected chi connectivity index (χ0v) is 33.7. The summed E-state index contributed by atoms with van der Waals surface area (Å²) < 4.78 is 10.3. The first-order chi connectivity index (χ1) is 26.4. The van der Waals surface area contributed by atoms with Crippen LogP contribution in [-0.4, -0.2) is 9.13 Å². The van der Waals surface area contributed by atoms with Crippen molar-refractivity contribution in [3.05, 3.63) is 120 Å². The topological polar surface area (TPSA) is 17.6 Å². The van der Waals surface area contributed by atoms with E-state index in [0.29, 0.717) is 0 Å². The van der Waals surface area contributed by atoms with Gasteiger partial charge in [0.2, 0.25) is 0 Å². The average Bonchev–Trinajstić information content (AvgIpc) is 3.67. The van der Waals surface area contributed by atoms with E-state index in [9.17, 15) is 0 Å². The van der Waals surface area contributed by atoms with Crippen molar-refractivity contribution in [3.63, 3.8) is 0 Å². The second-order valence-corrected chi connectivity index (χ2v) is 15.4. The average molecular weight is 717 g/mol. The van der Waals surface area contributed by atoms with Crippen molar-refractivity contribution in [2.45, 2.75) is 119 Å². The molecule has 54 heavy (non-hydrogen) atoms. The fourth-order valence-electron chi connectivity index (χ4n) is 8.18. The summed E-state index contributed by atoms with van der Waals surface area (Å²) in [5.41, 5.74) is 15.6. The van der Waals surface area contributed by atoms with Gasteiger partial charge in [-0.15, -0.1) is 0 Å². The SMILES string of the molecule is CCCCn1c(-c2ccc(-c3ccc(-c4ccc(-c5n(CCCC)c6cc(C)ccc6[n+]5CCCC)cc4)cc3)cc2)[n+](CCCC)c2ccc(C)cc21. The van der Waals surface area contributed by atoms with E-state index >= 15 is 0 Å². The van der Waals surface area contributed by atoms with Gasteiger partial charge in [0.05, 0.1) is 37.3 Å². The largest absolute Gasteiger partial charge is 0.289 e. The summed E-state index contributed by atoms with van der Waals surface area (Å²) >= 11 is 0. The van der Waals surface area contributed by atoms with E-state index in [-0.39, 0.29) is 0 Å². The van der Waals surface area contributed by atoms with E-state index in [0.717, 1.165) is 26.2 Å². The Morgan fingerprint density at radius 1 is 0.389 bits per heavy atom. The van der Waals surface area contributed by atoms with Crippen LogP contribution in [0.2, 0.25) is 0 Å². The van der Waals surface area contributed by atoms with Crippen LogP contribution in [0.25, 0.3) is 67.1 Å². The standard InChI is InChI=1S/C50H60N4/c1-7-11-31-51-45-29-15-37(5)35-47(45)53(33-13-9-3)49(51)43-25-21-41(22-26-43)39-17-19-40(20-18-39)42-23-27-44(28-24-42)50-52(32-12-8-2)46-30-16-38(6)36-48(46)54(50)34-14-10-4/h15-30,35-36H,7-14,31-34H2,1-6H3/q+2. The highest BCUT2D eigenvalue weighted by Gasteiger charge is 2.28. The van der Waals surface area contributed by atoms with Crippen molar-refractivity contribution in [1.29, 1.82) is 0 Å². The monoisotopic (exact) mass is 716 g/mol. The lowest BCUT2D eigenvalue weighted by atomic mass is 9.98. The molecule has 4 heteroatoms. The third-order valence-corrected chi connectivity index (χ3v) is 11.2. The van der Waals surface area contributed by atoms with Crippen LogP contribution in [-0.2, 0) is 26.2 Å². The molecule has 4 nitrogen and oxygen atoms in total. The lowest BCUT2D eigenvalue weighted by Gasteiger charge is -2.09. The zero-order chi connectivity index (χ0) is 37.6. The first-order valence-corrected chi connectivity index (χ1v) is 20.8. The third-order valence-electron chi connectivity index (χ3n) is 11.2. The molecule has 7 rings (SSSR count). The predicted molar refractivity (Wildman–Crippen MR) is 229 cm³/mol. The lowest BCUT2D eigenvalue weighted by Crippen LogP contribution is -2.35. The molecule has 0 amide bonds. The number of hydrogen-bond acceptors (Lipinski definition) is 0. The minimum atomic E-state index is 1.04. The maximum absolute atomic E-state index is 2.58. The molecule has 0 bridgehead atoms. The Morgan fingerprint density at radius 3 is 1.02 bits per heavy atom. The molecular weight excluding hydrogens is 657 g/mol. The molecule has 0 radical (unpaired) electrons. The number of rotatable bonds is 16. The van der Waals surface area contributed by atoms with Crippen molar-refractivity contribution >= 4 is 22.1 Å². The van der Waals surface area contributed by atoms with E-state index in [1.807, 2.05) is 0 Å². The zero-order valence-electron chi connectivity index (χ0n) is 33.7. The molecule has 278 valence electrons. The van der Waals surface area contributed by atoms with Crippen LogP contribution >= 0.6 is 0 Å². The molecular formula is C50H60N4+2. The van der Waals surface area contributed by atoms with Crippen LogP contribution in [0, 0.1) is 13.8 Å². The molecule has 0 spiro atoms. The highest BCUT2D eigenvalue weighted by atomic mass is 15.2. The molecule has 0 aliphatic carbocycles. The van der Waals surface area contributed by atoms with Crippen molar-refractivity contribution in [3.8, 4) is 45.0 Å². The van der Waals surface area contributed by atoms with Gasteiger partial charge in [0.15, 0.2) is 22.1 Å². The number of aryl methyl sites for hydroxylation is 6. The van der Waals surface area contributed by atoms with E-state index in [1.54, 1.807) is 0 Å². The Kier molecular flexibility index (Phi) is 11.8. The Morgan fingerprint density at radius 2 is 0.704 bits per heavy atom. The van der Waals surface area contributed by atoms with Crippen LogP contribution in [0.4, 0.5) is 0 Å². The maximum Gasteiger partial charge on any atom is 0.289 e. The summed E-state index contributed by atoms with van der Waals surface area (Å²) in [6.45, 7) is 17.7.